The zero-order valence-electron chi connectivity index (χ0n) is 13.3. The van der Waals surface area contributed by atoms with Crippen LogP contribution in [0.25, 0.3) is 0 Å². The second-order valence-electron chi connectivity index (χ2n) is 4.64. The average molecular weight is 443 g/mol. The summed E-state index contributed by atoms with van der Waals surface area (Å²) in [5.41, 5.74) is 0.242. The van der Waals surface area contributed by atoms with Crippen molar-refractivity contribution in [3.05, 3.63) is 35.4 Å². The number of hydrogen-bond acceptors (Lipinski definition) is 9. The normalized spacial score (nSPS) is 9.80. The van der Waals surface area contributed by atoms with E-state index in [4.69, 9.17) is 31.9 Å². The molecule has 0 aromatic heterocycles. The van der Waals surface area contributed by atoms with E-state index in [1.54, 1.807) is 12.1 Å². The van der Waals surface area contributed by atoms with E-state index in [0.717, 1.165) is 0 Å². The van der Waals surface area contributed by atoms with E-state index in [9.17, 15) is 9.59 Å². The Morgan fingerprint density at radius 2 is 1.52 bits per heavy atom. The van der Waals surface area contributed by atoms with Crippen molar-refractivity contribution in [3.63, 3.8) is 0 Å². The molecule has 0 amide bonds. The standard InChI is InChI=1S/C8H6O4.C4H9.Fe.H2O4S.H2O2S/c9-5-6-3-1-2-4-7(6)8(10)12-11;1-4(2)3;;1-5(2,3)4;1-3-2/h1-5,11H;1-3H3;;(H2,1,2,3,4);1-2H. The van der Waals surface area contributed by atoms with Crippen molar-refractivity contribution < 1.29 is 62.4 Å². The molecule has 0 aliphatic rings. The molecule has 1 aromatic rings. The van der Waals surface area contributed by atoms with Crippen LogP contribution in [0.15, 0.2) is 24.3 Å². The molecule has 13 heteroatoms. The molecule has 0 heterocycles. The third kappa shape index (κ3) is 31.3. The van der Waals surface area contributed by atoms with Gasteiger partial charge in [0.2, 0.25) is 0 Å². The molecule has 0 unspecified atom stereocenters. The Hall–Kier alpha value is -1.02. The predicted octanol–water partition coefficient (Wildman–Crippen LogP) is 2.89. The van der Waals surface area contributed by atoms with E-state index >= 15 is 0 Å². The first-order valence-corrected chi connectivity index (χ1v) is 8.61. The zero-order chi connectivity index (χ0) is 20.7. The second kappa shape index (κ2) is 15.3. The first-order valence-electron chi connectivity index (χ1n) is 5.93. The molecule has 0 fully saturated rings. The summed E-state index contributed by atoms with van der Waals surface area (Å²) in [4.78, 5) is 24.6. The smallest absolute Gasteiger partial charge is 0.307 e. The first-order chi connectivity index (χ1) is 11.2. The molecule has 0 aliphatic heterocycles. The number of rotatable bonds is 2. The average Bonchev–Trinajstić information content (AvgIpc) is 2.43. The molecule has 0 aliphatic carbocycles. The molecule has 25 heavy (non-hydrogen) atoms. The van der Waals surface area contributed by atoms with E-state index in [1.165, 1.54) is 12.1 Å². The van der Waals surface area contributed by atoms with Gasteiger partial charge in [0.15, 0.2) is 18.6 Å². The maximum absolute atomic E-state index is 10.8. The van der Waals surface area contributed by atoms with Gasteiger partial charge in [-0.2, -0.15) is 13.7 Å². The van der Waals surface area contributed by atoms with Crippen LogP contribution in [0.2, 0.25) is 4.31 Å². The van der Waals surface area contributed by atoms with Crippen LogP contribution in [0.5, 0.6) is 0 Å². The molecule has 0 saturated carbocycles. The SMILES string of the molecule is C[C](C)(C)[Fe].O=Cc1ccccc1C(=O)OO.O=S(=O)(O)O.OSO. The Kier molecular flexibility index (Phi) is 17.6. The molecular formula is C12H19FeO10S2. The Labute approximate surface area is 157 Å². The molecule has 5 N–H and O–H groups in total. The number of carbonyl (C=O) groups is 2. The monoisotopic (exact) mass is 443 g/mol. The maximum atomic E-state index is 10.8. The molecule has 10 nitrogen and oxygen atoms in total. The summed E-state index contributed by atoms with van der Waals surface area (Å²) >= 11 is 3.52. The van der Waals surface area contributed by atoms with E-state index < -0.39 is 16.4 Å². The Bertz CT molecular complexity index is 584. The zero-order valence-corrected chi connectivity index (χ0v) is 16.1. The van der Waals surface area contributed by atoms with Gasteiger partial charge in [0.25, 0.3) is 0 Å². The van der Waals surface area contributed by atoms with Gasteiger partial charge >= 0.3 is 57.5 Å². The van der Waals surface area contributed by atoms with Crippen LogP contribution >= 0.6 is 12.3 Å². The van der Waals surface area contributed by atoms with Crippen molar-refractivity contribution in [2.75, 3.05) is 0 Å². The summed E-state index contributed by atoms with van der Waals surface area (Å²) in [6.45, 7) is 6.23. The number of carbonyl (C=O) groups excluding carboxylic acids is 2. The van der Waals surface area contributed by atoms with Crippen LogP contribution in [-0.4, -0.2) is 44.1 Å². The minimum Gasteiger partial charge on any atom is -0.307 e. The fourth-order valence-corrected chi connectivity index (χ4v) is 0.835. The minimum absolute atomic E-state index is 0.0509. The van der Waals surface area contributed by atoms with Crippen molar-refractivity contribution in [1.82, 2.24) is 0 Å². The van der Waals surface area contributed by atoms with Gasteiger partial charge in [0.05, 0.1) is 5.56 Å². The third-order valence-corrected chi connectivity index (χ3v) is 1.39. The van der Waals surface area contributed by atoms with Gasteiger partial charge in [-0.3, -0.25) is 18.8 Å². The van der Waals surface area contributed by atoms with Crippen molar-refractivity contribution in [3.8, 4) is 0 Å². The van der Waals surface area contributed by atoms with E-state index in [2.05, 4.69) is 41.7 Å². The molecule has 147 valence electrons. The molecule has 0 atom stereocenters. The van der Waals surface area contributed by atoms with Crippen molar-refractivity contribution in [2.24, 2.45) is 0 Å². The Morgan fingerprint density at radius 1 is 1.20 bits per heavy atom. The van der Waals surface area contributed by atoms with Crippen molar-refractivity contribution in [1.29, 1.82) is 0 Å². The van der Waals surface area contributed by atoms with Gasteiger partial charge < -0.3 is 9.11 Å². The molecule has 0 saturated heterocycles. The van der Waals surface area contributed by atoms with Crippen LogP contribution in [0.4, 0.5) is 0 Å². The second-order valence-corrected chi connectivity index (χ2v) is 7.36. The first kappa shape index (κ1) is 28.8. The van der Waals surface area contributed by atoms with Crippen molar-refractivity contribution >= 4 is 35.0 Å². The summed E-state index contributed by atoms with van der Waals surface area (Å²) < 4.78 is 45.9. The predicted molar refractivity (Wildman–Crippen MR) is 86.6 cm³/mol. The molecule has 0 spiro atoms. The number of aldehydes is 1. The van der Waals surface area contributed by atoms with E-state index in [-0.39, 0.29) is 27.8 Å². The summed E-state index contributed by atoms with van der Waals surface area (Å²) in [6, 6.07) is 6.03. The van der Waals surface area contributed by atoms with Crippen LogP contribution in [-0.2, 0) is 31.3 Å². The number of hydrogen-bond donors (Lipinski definition) is 5. The summed E-state index contributed by atoms with van der Waals surface area (Å²) in [7, 11) is -4.67. The summed E-state index contributed by atoms with van der Waals surface area (Å²) in [6.07, 6.45) is 0.520. The molecule has 0 radical (unpaired) electrons. The fourth-order valence-electron chi connectivity index (χ4n) is 0.835. The summed E-state index contributed by atoms with van der Waals surface area (Å²) in [5, 5.41) is 8.04. The number of benzene rings is 1. The van der Waals surface area contributed by atoms with Crippen molar-refractivity contribution in [2.45, 2.75) is 25.1 Å². The van der Waals surface area contributed by atoms with Gasteiger partial charge in [0, 0.05) is 5.56 Å². The van der Waals surface area contributed by atoms with Gasteiger partial charge in [-0.1, -0.05) is 18.2 Å². The van der Waals surface area contributed by atoms with Gasteiger partial charge in [-0.25, -0.2) is 4.79 Å². The fraction of sp³-hybridized carbons (Fsp3) is 0.333. The van der Waals surface area contributed by atoms with Crippen LogP contribution in [0.3, 0.4) is 0 Å². The van der Waals surface area contributed by atoms with Crippen LogP contribution in [0, 0.1) is 0 Å². The van der Waals surface area contributed by atoms with Crippen LogP contribution < -0.4 is 0 Å². The maximum Gasteiger partial charge on any atom is 0.394 e. The summed E-state index contributed by atoms with van der Waals surface area (Å²) in [5.74, 6) is -0.933. The topological polar surface area (TPSA) is 179 Å². The van der Waals surface area contributed by atoms with Gasteiger partial charge in [-0.15, -0.1) is 0 Å². The van der Waals surface area contributed by atoms with E-state index in [1.807, 2.05) is 0 Å². The largest absolute Gasteiger partial charge is 0.394 e. The van der Waals surface area contributed by atoms with E-state index in [0.29, 0.717) is 6.29 Å². The molecule has 1 rings (SSSR count). The Balaban J connectivity index is -0.000000311. The van der Waals surface area contributed by atoms with Gasteiger partial charge in [-0.05, 0) is 6.07 Å². The minimum atomic E-state index is -4.67. The Morgan fingerprint density at radius 3 is 1.80 bits per heavy atom. The quantitative estimate of drug-likeness (QED) is 0.113. The molecular weight excluding hydrogens is 424 g/mol. The molecule has 1 aromatic carbocycles. The van der Waals surface area contributed by atoms with Gasteiger partial charge in [0.1, 0.15) is 0 Å². The van der Waals surface area contributed by atoms with Crippen LogP contribution in [0.1, 0.15) is 41.5 Å². The molecule has 0 bridgehead atoms. The third-order valence-electron chi connectivity index (χ3n) is 1.39.